The number of halogens is 2. The quantitative estimate of drug-likeness (QED) is 0.517. The molecule has 2 aromatic carbocycles. The van der Waals surface area contributed by atoms with Crippen LogP contribution in [-0.4, -0.2) is 7.11 Å². The summed E-state index contributed by atoms with van der Waals surface area (Å²) in [6.07, 6.45) is 0. The number of thiophene rings is 1. The van der Waals surface area contributed by atoms with Crippen molar-refractivity contribution in [2.75, 3.05) is 7.11 Å². The molecule has 0 bridgehead atoms. The summed E-state index contributed by atoms with van der Waals surface area (Å²) in [6, 6.07) is 17.8. The lowest BCUT2D eigenvalue weighted by Crippen LogP contribution is -2.13. The number of hydrogen-bond donors (Lipinski definition) is 1. The number of hydrogen-bond acceptors (Lipinski definition) is 4. The SMILES string of the molecule is COc1cccc(CNCc2cccs2)c1OCc1ccccc1Cl.Cl. The Hall–Kier alpha value is -1.72. The molecule has 1 N–H and O–H groups in total. The molecule has 138 valence electrons. The molecule has 0 saturated carbocycles. The lowest BCUT2D eigenvalue weighted by Gasteiger charge is -2.16. The van der Waals surface area contributed by atoms with Crippen LogP contribution in [0, 0.1) is 0 Å². The van der Waals surface area contributed by atoms with Gasteiger partial charge in [0.1, 0.15) is 6.61 Å². The van der Waals surface area contributed by atoms with Crippen LogP contribution in [0.4, 0.5) is 0 Å². The van der Waals surface area contributed by atoms with Crippen LogP contribution < -0.4 is 14.8 Å². The van der Waals surface area contributed by atoms with E-state index >= 15 is 0 Å². The molecule has 0 aliphatic carbocycles. The van der Waals surface area contributed by atoms with Crippen LogP contribution >= 0.6 is 35.3 Å². The Morgan fingerprint density at radius 1 is 0.962 bits per heavy atom. The van der Waals surface area contributed by atoms with Crippen molar-refractivity contribution in [1.29, 1.82) is 0 Å². The van der Waals surface area contributed by atoms with Crippen molar-refractivity contribution < 1.29 is 9.47 Å². The summed E-state index contributed by atoms with van der Waals surface area (Å²) in [5, 5.41) is 6.24. The number of benzene rings is 2. The van der Waals surface area contributed by atoms with Crippen LogP contribution in [0.1, 0.15) is 16.0 Å². The highest BCUT2D eigenvalue weighted by Crippen LogP contribution is 2.32. The largest absolute Gasteiger partial charge is 0.493 e. The molecule has 26 heavy (non-hydrogen) atoms. The van der Waals surface area contributed by atoms with E-state index in [9.17, 15) is 0 Å². The molecule has 1 heterocycles. The highest BCUT2D eigenvalue weighted by atomic mass is 35.5. The first-order chi connectivity index (χ1) is 12.3. The predicted molar refractivity (Wildman–Crippen MR) is 111 cm³/mol. The number of para-hydroxylation sites is 1. The van der Waals surface area contributed by atoms with Crippen molar-refractivity contribution in [2.24, 2.45) is 0 Å². The topological polar surface area (TPSA) is 30.5 Å². The third-order valence-corrected chi connectivity index (χ3v) is 5.05. The van der Waals surface area contributed by atoms with E-state index in [2.05, 4.69) is 22.8 Å². The Balaban J connectivity index is 0.00000243. The minimum atomic E-state index is 0. The molecule has 3 rings (SSSR count). The normalized spacial score (nSPS) is 10.2. The van der Waals surface area contributed by atoms with Crippen molar-refractivity contribution in [3.63, 3.8) is 0 Å². The first kappa shape index (κ1) is 20.6. The fourth-order valence-electron chi connectivity index (χ4n) is 2.52. The molecule has 1 aromatic heterocycles. The first-order valence-electron chi connectivity index (χ1n) is 8.03. The minimum Gasteiger partial charge on any atom is -0.493 e. The second-order valence-electron chi connectivity index (χ2n) is 5.51. The van der Waals surface area contributed by atoms with Gasteiger partial charge in [-0.3, -0.25) is 0 Å². The van der Waals surface area contributed by atoms with Crippen molar-refractivity contribution >= 4 is 35.3 Å². The van der Waals surface area contributed by atoms with E-state index in [0.29, 0.717) is 18.2 Å². The van der Waals surface area contributed by atoms with Crippen LogP contribution in [0.15, 0.2) is 60.0 Å². The average molecular weight is 410 g/mol. The molecule has 3 nitrogen and oxygen atoms in total. The number of ether oxygens (including phenoxy) is 2. The molecule has 0 radical (unpaired) electrons. The van der Waals surface area contributed by atoms with E-state index in [1.807, 2.05) is 42.5 Å². The maximum atomic E-state index is 6.22. The number of methoxy groups -OCH3 is 1. The van der Waals surface area contributed by atoms with E-state index in [-0.39, 0.29) is 12.4 Å². The summed E-state index contributed by atoms with van der Waals surface area (Å²) in [5.41, 5.74) is 2.01. The van der Waals surface area contributed by atoms with Gasteiger partial charge in [-0.25, -0.2) is 0 Å². The molecule has 0 unspecified atom stereocenters. The third-order valence-electron chi connectivity index (χ3n) is 3.80. The maximum absolute atomic E-state index is 6.22. The zero-order valence-corrected chi connectivity index (χ0v) is 16.8. The molecule has 3 aromatic rings. The maximum Gasteiger partial charge on any atom is 0.166 e. The molecular weight excluding hydrogens is 389 g/mol. The Bertz CT molecular complexity index is 809. The Labute approximate surface area is 169 Å². The summed E-state index contributed by atoms with van der Waals surface area (Å²) in [6.45, 7) is 1.93. The third kappa shape index (κ3) is 5.39. The highest BCUT2D eigenvalue weighted by Gasteiger charge is 2.11. The van der Waals surface area contributed by atoms with Gasteiger partial charge in [0.15, 0.2) is 11.5 Å². The average Bonchev–Trinajstić information content (AvgIpc) is 3.15. The highest BCUT2D eigenvalue weighted by molar-refractivity contribution is 7.09. The zero-order chi connectivity index (χ0) is 17.5. The van der Waals surface area contributed by atoms with Crippen molar-refractivity contribution in [2.45, 2.75) is 19.7 Å². The van der Waals surface area contributed by atoms with E-state index in [4.69, 9.17) is 21.1 Å². The van der Waals surface area contributed by atoms with Gasteiger partial charge in [-0.15, -0.1) is 23.7 Å². The van der Waals surface area contributed by atoms with Crippen LogP contribution in [0.3, 0.4) is 0 Å². The molecule has 0 spiro atoms. The van der Waals surface area contributed by atoms with E-state index in [0.717, 1.165) is 29.2 Å². The van der Waals surface area contributed by atoms with Crippen LogP contribution in [0.25, 0.3) is 0 Å². The van der Waals surface area contributed by atoms with Gasteiger partial charge in [-0.05, 0) is 23.6 Å². The predicted octanol–water partition coefficient (Wildman–Crippen LogP) is 5.70. The molecule has 6 heteroatoms. The number of nitrogens with one attached hydrogen (secondary N) is 1. The minimum absolute atomic E-state index is 0. The van der Waals surface area contributed by atoms with Crippen molar-refractivity contribution in [3.05, 3.63) is 81.0 Å². The zero-order valence-electron chi connectivity index (χ0n) is 14.4. The molecule has 0 amide bonds. The second kappa shape index (κ2) is 10.4. The molecule has 0 atom stereocenters. The molecular formula is C20H21Cl2NO2S. The van der Waals surface area contributed by atoms with Gasteiger partial charge in [-0.1, -0.05) is 48.0 Å². The second-order valence-corrected chi connectivity index (χ2v) is 6.95. The van der Waals surface area contributed by atoms with Gasteiger partial charge in [0.25, 0.3) is 0 Å². The Morgan fingerprint density at radius 2 is 1.77 bits per heavy atom. The number of rotatable bonds is 8. The monoisotopic (exact) mass is 409 g/mol. The summed E-state index contributed by atoms with van der Waals surface area (Å²) < 4.78 is 11.5. The lowest BCUT2D eigenvalue weighted by molar-refractivity contribution is 0.280. The first-order valence-corrected chi connectivity index (χ1v) is 9.29. The van der Waals surface area contributed by atoms with Crippen LogP contribution in [0.2, 0.25) is 5.02 Å². The van der Waals surface area contributed by atoms with E-state index < -0.39 is 0 Å². The molecule has 0 fully saturated rings. The van der Waals surface area contributed by atoms with Crippen molar-refractivity contribution in [3.8, 4) is 11.5 Å². The van der Waals surface area contributed by atoms with Gasteiger partial charge in [-0.2, -0.15) is 0 Å². The molecule has 0 saturated heterocycles. The van der Waals surface area contributed by atoms with Crippen LogP contribution in [0.5, 0.6) is 11.5 Å². The Kier molecular flexibility index (Phi) is 8.26. The molecule has 0 aliphatic heterocycles. The van der Waals surface area contributed by atoms with Gasteiger partial charge in [0.2, 0.25) is 0 Å². The summed E-state index contributed by atoms with van der Waals surface area (Å²) in [4.78, 5) is 1.31. The van der Waals surface area contributed by atoms with Gasteiger partial charge >= 0.3 is 0 Å². The van der Waals surface area contributed by atoms with Gasteiger partial charge in [0, 0.05) is 34.1 Å². The van der Waals surface area contributed by atoms with Gasteiger partial charge in [0.05, 0.1) is 7.11 Å². The smallest absolute Gasteiger partial charge is 0.166 e. The summed E-state index contributed by atoms with van der Waals surface area (Å²) in [7, 11) is 1.65. The van der Waals surface area contributed by atoms with E-state index in [1.54, 1.807) is 18.4 Å². The van der Waals surface area contributed by atoms with E-state index in [1.165, 1.54) is 4.88 Å². The van der Waals surface area contributed by atoms with Gasteiger partial charge < -0.3 is 14.8 Å². The van der Waals surface area contributed by atoms with Crippen molar-refractivity contribution in [1.82, 2.24) is 5.32 Å². The van der Waals surface area contributed by atoms with Crippen LogP contribution in [-0.2, 0) is 19.7 Å². The standard InChI is InChI=1S/C20H20ClNO2S.ClH/c1-23-19-10-4-7-15(12-22-13-17-8-5-11-25-17)20(19)24-14-16-6-2-3-9-18(16)21;/h2-11,22H,12-14H2,1H3;1H. The fraction of sp³-hybridized carbons (Fsp3) is 0.200. The lowest BCUT2D eigenvalue weighted by atomic mass is 10.1. The summed E-state index contributed by atoms with van der Waals surface area (Å²) >= 11 is 7.97. The molecule has 0 aliphatic rings. The Morgan fingerprint density at radius 3 is 2.50 bits per heavy atom. The fourth-order valence-corrected chi connectivity index (χ4v) is 3.39. The summed E-state index contributed by atoms with van der Waals surface area (Å²) in [5.74, 6) is 1.48.